The van der Waals surface area contributed by atoms with Crippen molar-refractivity contribution in [1.82, 2.24) is 0 Å². The number of esters is 2. The number of hydrogen-bond acceptors (Lipinski definition) is 5. The van der Waals surface area contributed by atoms with Crippen LogP contribution in [0.5, 0.6) is 11.5 Å². The van der Waals surface area contributed by atoms with Crippen LogP contribution in [0.3, 0.4) is 0 Å². The Morgan fingerprint density at radius 2 is 1.06 bits per heavy atom. The predicted octanol–water partition coefficient (Wildman–Crippen LogP) is 5.84. The minimum atomic E-state index is -0.724. The Morgan fingerprint density at radius 3 is 1.42 bits per heavy atom. The molecule has 0 aliphatic rings. The molecule has 0 aromatic heterocycles. The monoisotopic (exact) mass is 422 g/mol. The molecule has 2 aromatic carbocycles. The van der Waals surface area contributed by atoms with Crippen LogP contribution in [-0.2, 0) is 14.3 Å². The lowest BCUT2D eigenvalue weighted by molar-refractivity contribution is -0.152. The highest BCUT2D eigenvalue weighted by Gasteiger charge is 2.04. The lowest BCUT2D eigenvalue weighted by Crippen LogP contribution is -2.06. The van der Waals surface area contributed by atoms with Crippen molar-refractivity contribution >= 4 is 24.1 Å². The summed E-state index contributed by atoms with van der Waals surface area (Å²) in [4.78, 5) is 23.7. The van der Waals surface area contributed by atoms with Gasteiger partial charge in [0.05, 0.1) is 13.2 Å². The Hall–Kier alpha value is -3.34. The van der Waals surface area contributed by atoms with Crippen LogP contribution in [0.25, 0.3) is 12.2 Å². The molecule has 0 aliphatic carbocycles. The van der Waals surface area contributed by atoms with Crippen molar-refractivity contribution in [1.29, 1.82) is 0 Å². The first-order valence-corrected chi connectivity index (χ1v) is 10.7. The van der Waals surface area contributed by atoms with Gasteiger partial charge in [0.25, 0.3) is 0 Å². The topological polar surface area (TPSA) is 61.8 Å². The fourth-order valence-electron chi connectivity index (χ4n) is 2.51. The summed E-state index contributed by atoms with van der Waals surface area (Å²) in [7, 11) is 0. The number of unbranched alkanes of at least 4 members (excludes halogenated alkanes) is 2. The van der Waals surface area contributed by atoms with Crippen LogP contribution in [0, 0.1) is 0 Å². The molecule has 0 unspecified atom stereocenters. The van der Waals surface area contributed by atoms with E-state index in [1.54, 1.807) is 12.2 Å². The van der Waals surface area contributed by atoms with E-state index in [1.807, 2.05) is 48.5 Å². The number of ether oxygens (including phenoxy) is 3. The van der Waals surface area contributed by atoms with Gasteiger partial charge < -0.3 is 14.2 Å². The van der Waals surface area contributed by atoms with Gasteiger partial charge in [-0.1, -0.05) is 51.0 Å². The maximum absolute atomic E-state index is 11.8. The second-order valence-electron chi connectivity index (χ2n) is 6.95. The Kier molecular flexibility index (Phi) is 10.7. The maximum Gasteiger partial charge on any atom is 0.338 e. The predicted molar refractivity (Wildman–Crippen MR) is 123 cm³/mol. The van der Waals surface area contributed by atoms with E-state index in [2.05, 4.69) is 13.8 Å². The molecule has 164 valence electrons. The van der Waals surface area contributed by atoms with Gasteiger partial charge in [0.15, 0.2) is 0 Å². The van der Waals surface area contributed by atoms with E-state index in [0.717, 1.165) is 48.3 Å². The number of hydrogen-bond donors (Lipinski definition) is 0. The van der Waals surface area contributed by atoms with Gasteiger partial charge in [-0.3, -0.25) is 0 Å². The zero-order valence-electron chi connectivity index (χ0n) is 18.2. The van der Waals surface area contributed by atoms with E-state index in [0.29, 0.717) is 13.2 Å². The van der Waals surface area contributed by atoms with Crippen LogP contribution < -0.4 is 9.47 Å². The SMILES string of the molecule is CCCCOc1ccc(C=CC(=O)OC(=O)C=Cc2ccc(OCCCC)cc2)cc1. The summed E-state index contributed by atoms with van der Waals surface area (Å²) in [5.74, 6) is 0.123. The highest BCUT2D eigenvalue weighted by molar-refractivity contribution is 5.99. The average Bonchev–Trinajstić information content (AvgIpc) is 2.78. The smallest absolute Gasteiger partial charge is 0.338 e. The third-order valence-electron chi connectivity index (χ3n) is 4.32. The molecule has 0 aliphatic heterocycles. The van der Waals surface area contributed by atoms with Crippen molar-refractivity contribution in [3.63, 3.8) is 0 Å². The van der Waals surface area contributed by atoms with Gasteiger partial charge in [-0.05, 0) is 60.4 Å². The highest BCUT2D eigenvalue weighted by atomic mass is 16.6. The molecule has 0 saturated carbocycles. The summed E-state index contributed by atoms with van der Waals surface area (Å²) >= 11 is 0. The standard InChI is InChI=1S/C26H30O5/c1-3-5-19-29-23-13-7-21(8-14-23)11-17-25(27)31-26(28)18-12-22-9-15-24(16-10-22)30-20-6-4-2/h7-18H,3-6,19-20H2,1-2H3. The van der Waals surface area contributed by atoms with Crippen molar-refractivity contribution in [3.05, 3.63) is 71.8 Å². The zero-order valence-corrected chi connectivity index (χ0v) is 18.2. The summed E-state index contributed by atoms with van der Waals surface area (Å²) < 4.78 is 16.0. The number of benzene rings is 2. The van der Waals surface area contributed by atoms with Crippen molar-refractivity contribution in [2.24, 2.45) is 0 Å². The molecule has 0 radical (unpaired) electrons. The first kappa shape index (κ1) is 23.9. The van der Waals surface area contributed by atoms with Crippen LogP contribution >= 0.6 is 0 Å². The average molecular weight is 423 g/mol. The van der Waals surface area contributed by atoms with Crippen molar-refractivity contribution in [2.75, 3.05) is 13.2 Å². The van der Waals surface area contributed by atoms with Crippen LogP contribution in [0.2, 0.25) is 0 Å². The molecule has 0 saturated heterocycles. The van der Waals surface area contributed by atoms with E-state index < -0.39 is 11.9 Å². The van der Waals surface area contributed by atoms with Gasteiger partial charge in [0.1, 0.15) is 11.5 Å². The Balaban J connectivity index is 1.77. The molecule has 31 heavy (non-hydrogen) atoms. The minimum absolute atomic E-state index is 0.685. The molecule has 5 nitrogen and oxygen atoms in total. The first-order chi connectivity index (χ1) is 15.1. The lowest BCUT2D eigenvalue weighted by atomic mass is 10.2. The third kappa shape index (κ3) is 9.81. The molecule has 0 heterocycles. The number of rotatable bonds is 12. The Labute approximate surface area is 184 Å². The molecule has 2 aromatic rings. The van der Waals surface area contributed by atoms with Crippen LogP contribution in [0.4, 0.5) is 0 Å². The molecule has 0 atom stereocenters. The summed E-state index contributed by atoms with van der Waals surface area (Å²) in [6.45, 7) is 5.59. The van der Waals surface area contributed by atoms with E-state index in [9.17, 15) is 9.59 Å². The molecule has 0 fully saturated rings. The molecular weight excluding hydrogens is 392 g/mol. The summed E-state index contributed by atoms with van der Waals surface area (Å²) in [6.07, 6.45) is 9.80. The van der Waals surface area contributed by atoms with Crippen molar-refractivity contribution < 1.29 is 23.8 Å². The normalized spacial score (nSPS) is 11.0. The largest absolute Gasteiger partial charge is 0.494 e. The van der Waals surface area contributed by atoms with Gasteiger partial charge in [-0.15, -0.1) is 0 Å². The summed E-state index contributed by atoms with van der Waals surface area (Å²) in [6, 6.07) is 14.7. The van der Waals surface area contributed by atoms with Crippen molar-refractivity contribution in [2.45, 2.75) is 39.5 Å². The van der Waals surface area contributed by atoms with Crippen LogP contribution in [-0.4, -0.2) is 25.2 Å². The van der Waals surface area contributed by atoms with E-state index in [1.165, 1.54) is 12.2 Å². The van der Waals surface area contributed by atoms with Crippen molar-refractivity contribution in [3.8, 4) is 11.5 Å². The van der Waals surface area contributed by atoms with E-state index in [-0.39, 0.29) is 0 Å². The molecule has 0 spiro atoms. The molecule has 0 N–H and O–H groups in total. The summed E-state index contributed by atoms with van der Waals surface area (Å²) in [5.41, 5.74) is 1.62. The van der Waals surface area contributed by atoms with Gasteiger partial charge in [-0.25, -0.2) is 9.59 Å². The third-order valence-corrected chi connectivity index (χ3v) is 4.32. The fraction of sp³-hybridized carbons (Fsp3) is 0.308. The summed E-state index contributed by atoms with van der Waals surface area (Å²) in [5, 5.41) is 0. The second-order valence-corrected chi connectivity index (χ2v) is 6.95. The lowest BCUT2D eigenvalue weighted by Gasteiger charge is -2.05. The van der Waals surface area contributed by atoms with Gasteiger partial charge in [0.2, 0.25) is 0 Å². The zero-order chi connectivity index (χ0) is 22.3. The molecular formula is C26H30O5. The molecule has 0 bridgehead atoms. The van der Waals surface area contributed by atoms with Crippen LogP contribution in [0.1, 0.15) is 50.7 Å². The Morgan fingerprint density at radius 1 is 0.677 bits per heavy atom. The van der Waals surface area contributed by atoms with Gasteiger partial charge in [-0.2, -0.15) is 0 Å². The Bertz CT molecular complexity index is 790. The fourth-order valence-corrected chi connectivity index (χ4v) is 2.51. The second kappa shape index (κ2) is 13.8. The van der Waals surface area contributed by atoms with E-state index in [4.69, 9.17) is 14.2 Å². The van der Waals surface area contributed by atoms with Crippen LogP contribution in [0.15, 0.2) is 60.7 Å². The quantitative estimate of drug-likeness (QED) is 0.186. The molecule has 0 amide bonds. The molecule has 2 rings (SSSR count). The maximum atomic E-state index is 11.8. The molecule has 5 heteroatoms. The first-order valence-electron chi connectivity index (χ1n) is 10.7. The number of carbonyl (C=O) groups excluding carboxylic acids is 2. The highest BCUT2D eigenvalue weighted by Crippen LogP contribution is 2.15. The minimum Gasteiger partial charge on any atom is -0.494 e. The van der Waals surface area contributed by atoms with Gasteiger partial charge in [0, 0.05) is 12.2 Å². The number of carbonyl (C=O) groups is 2. The van der Waals surface area contributed by atoms with Gasteiger partial charge >= 0.3 is 11.9 Å². The van der Waals surface area contributed by atoms with E-state index >= 15 is 0 Å².